The predicted molar refractivity (Wildman–Crippen MR) is 76.7 cm³/mol. The SMILES string of the molecule is CC(C)N(CC1CC1)C(=O)c1ccc(S(N)(=O)=O)cc1. The van der Waals surface area contributed by atoms with Crippen molar-refractivity contribution in [2.24, 2.45) is 11.1 Å². The van der Waals surface area contributed by atoms with Crippen molar-refractivity contribution in [1.29, 1.82) is 0 Å². The van der Waals surface area contributed by atoms with Crippen molar-refractivity contribution in [2.45, 2.75) is 37.6 Å². The van der Waals surface area contributed by atoms with Gasteiger partial charge in [0.05, 0.1) is 4.90 Å². The van der Waals surface area contributed by atoms with Gasteiger partial charge in [-0.2, -0.15) is 0 Å². The van der Waals surface area contributed by atoms with E-state index < -0.39 is 10.0 Å². The minimum absolute atomic E-state index is 0.0207. The number of hydrogen-bond acceptors (Lipinski definition) is 3. The highest BCUT2D eigenvalue weighted by Crippen LogP contribution is 2.30. The summed E-state index contributed by atoms with van der Waals surface area (Å²) in [6.45, 7) is 4.74. The number of nitrogens with zero attached hydrogens (tertiary/aromatic N) is 1. The van der Waals surface area contributed by atoms with Crippen molar-refractivity contribution < 1.29 is 13.2 Å². The number of rotatable bonds is 5. The van der Waals surface area contributed by atoms with Gasteiger partial charge in [-0.3, -0.25) is 4.79 Å². The molecule has 0 spiro atoms. The molecule has 110 valence electrons. The molecule has 1 aromatic carbocycles. The van der Waals surface area contributed by atoms with Crippen LogP contribution >= 0.6 is 0 Å². The number of nitrogens with two attached hydrogens (primary N) is 1. The van der Waals surface area contributed by atoms with E-state index >= 15 is 0 Å². The van der Waals surface area contributed by atoms with Crippen molar-refractivity contribution in [1.82, 2.24) is 4.90 Å². The molecule has 20 heavy (non-hydrogen) atoms. The molecule has 0 aliphatic heterocycles. The minimum Gasteiger partial charge on any atom is -0.336 e. The molecule has 1 fully saturated rings. The molecule has 1 saturated carbocycles. The van der Waals surface area contributed by atoms with Crippen LogP contribution in [0.4, 0.5) is 0 Å². The van der Waals surface area contributed by atoms with Gasteiger partial charge in [0.25, 0.3) is 5.91 Å². The van der Waals surface area contributed by atoms with Crippen LogP contribution in [0.25, 0.3) is 0 Å². The molecule has 0 aromatic heterocycles. The summed E-state index contributed by atoms with van der Waals surface area (Å²) in [7, 11) is -3.72. The highest BCUT2D eigenvalue weighted by molar-refractivity contribution is 7.89. The van der Waals surface area contributed by atoms with Crippen LogP contribution in [-0.4, -0.2) is 31.8 Å². The Hall–Kier alpha value is -1.40. The zero-order chi connectivity index (χ0) is 14.9. The normalized spacial score (nSPS) is 15.4. The Morgan fingerprint density at radius 2 is 1.85 bits per heavy atom. The van der Waals surface area contributed by atoms with Crippen LogP contribution in [0.2, 0.25) is 0 Å². The molecule has 1 aliphatic rings. The van der Waals surface area contributed by atoms with Gasteiger partial charge in [-0.15, -0.1) is 0 Å². The van der Waals surface area contributed by atoms with Crippen LogP contribution < -0.4 is 5.14 Å². The molecule has 0 heterocycles. The molecule has 0 saturated heterocycles. The molecule has 1 aromatic rings. The highest BCUT2D eigenvalue weighted by Gasteiger charge is 2.28. The predicted octanol–water partition coefficient (Wildman–Crippen LogP) is 1.59. The van der Waals surface area contributed by atoms with E-state index in [0.29, 0.717) is 11.5 Å². The standard InChI is InChI=1S/C14H20N2O3S/c1-10(2)16(9-11-3-4-11)14(17)12-5-7-13(8-6-12)20(15,18)19/h5-8,10-11H,3-4,9H2,1-2H3,(H2,15,18,19). The maximum absolute atomic E-state index is 12.5. The molecule has 6 heteroatoms. The average Bonchev–Trinajstić information content (AvgIpc) is 3.18. The second kappa shape index (κ2) is 5.54. The molecule has 2 rings (SSSR count). The fourth-order valence-corrected chi connectivity index (χ4v) is 2.58. The molecule has 2 N–H and O–H groups in total. The lowest BCUT2D eigenvalue weighted by atomic mass is 10.1. The lowest BCUT2D eigenvalue weighted by Gasteiger charge is -2.27. The first kappa shape index (κ1) is 15.0. The number of hydrogen-bond donors (Lipinski definition) is 1. The van der Waals surface area contributed by atoms with Crippen LogP contribution in [0.5, 0.6) is 0 Å². The van der Waals surface area contributed by atoms with E-state index in [4.69, 9.17) is 5.14 Å². The van der Waals surface area contributed by atoms with Gasteiger partial charge in [0, 0.05) is 18.2 Å². The van der Waals surface area contributed by atoms with E-state index in [1.54, 1.807) is 0 Å². The summed E-state index contributed by atoms with van der Waals surface area (Å²) in [5.74, 6) is 0.554. The Morgan fingerprint density at radius 3 is 2.25 bits per heavy atom. The number of benzene rings is 1. The van der Waals surface area contributed by atoms with Gasteiger partial charge in [0.15, 0.2) is 0 Å². The summed E-state index contributed by atoms with van der Waals surface area (Å²) in [6, 6.07) is 5.91. The summed E-state index contributed by atoms with van der Waals surface area (Å²) in [4.78, 5) is 14.3. The molecule has 0 unspecified atom stereocenters. The Bertz CT molecular complexity index is 589. The van der Waals surface area contributed by atoms with Crippen molar-refractivity contribution in [3.63, 3.8) is 0 Å². The fraction of sp³-hybridized carbons (Fsp3) is 0.500. The second-order valence-electron chi connectivity index (χ2n) is 5.56. The third-order valence-corrected chi connectivity index (χ3v) is 4.40. The Labute approximate surface area is 119 Å². The molecular formula is C14H20N2O3S. The van der Waals surface area contributed by atoms with E-state index in [0.717, 1.165) is 6.54 Å². The van der Waals surface area contributed by atoms with Gasteiger partial charge < -0.3 is 4.90 Å². The zero-order valence-electron chi connectivity index (χ0n) is 11.7. The van der Waals surface area contributed by atoms with E-state index in [1.165, 1.54) is 37.1 Å². The monoisotopic (exact) mass is 296 g/mol. The van der Waals surface area contributed by atoms with Crippen molar-refractivity contribution in [3.8, 4) is 0 Å². The van der Waals surface area contributed by atoms with Crippen molar-refractivity contribution in [3.05, 3.63) is 29.8 Å². The Balaban J connectivity index is 2.18. The number of sulfonamides is 1. The summed E-state index contributed by atoms with van der Waals surface area (Å²) in [5.41, 5.74) is 0.492. The Morgan fingerprint density at radius 1 is 1.30 bits per heavy atom. The number of carbonyl (C=O) groups excluding carboxylic acids is 1. The quantitative estimate of drug-likeness (QED) is 0.896. The van der Waals surface area contributed by atoms with Crippen LogP contribution in [0.1, 0.15) is 37.0 Å². The van der Waals surface area contributed by atoms with Crippen molar-refractivity contribution in [2.75, 3.05) is 6.54 Å². The maximum Gasteiger partial charge on any atom is 0.254 e. The van der Waals surface area contributed by atoms with E-state index in [9.17, 15) is 13.2 Å². The Kier molecular flexibility index (Phi) is 4.15. The summed E-state index contributed by atoms with van der Waals surface area (Å²) >= 11 is 0. The molecule has 0 radical (unpaired) electrons. The molecule has 5 nitrogen and oxygen atoms in total. The van der Waals surface area contributed by atoms with E-state index in [-0.39, 0.29) is 16.8 Å². The first-order valence-corrected chi connectivity index (χ1v) is 8.27. The first-order valence-electron chi connectivity index (χ1n) is 6.73. The second-order valence-corrected chi connectivity index (χ2v) is 7.13. The minimum atomic E-state index is -3.72. The highest BCUT2D eigenvalue weighted by atomic mass is 32.2. The molecule has 0 atom stereocenters. The molecule has 1 aliphatic carbocycles. The maximum atomic E-state index is 12.5. The average molecular weight is 296 g/mol. The van der Waals surface area contributed by atoms with E-state index in [2.05, 4.69) is 0 Å². The fourth-order valence-electron chi connectivity index (χ4n) is 2.06. The van der Waals surface area contributed by atoms with Crippen molar-refractivity contribution >= 4 is 15.9 Å². The number of primary sulfonamides is 1. The lowest BCUT2D eigenvalue weighted by molar-refractivity contribution is 0.0696. The van der Waals surface area contributed by atoms with Gasteiger partial charge in [0.1, 0.15) is 0 Å². The van der Waals surface area contributed by atoms with Gasteiger partial charge in [-0.05, 0) is 56.9 Å². The van der Waals surface area contributed by atoms with Crippen LogP contribution in [0.15, 0.2) is 29.2 Å². The lowest BCUT2D eigenvalue weighted by Crippen LogP contribution is -2.38. The molecule has 0 bridgehead atoms. The molecule has 1 amide bonds. The number of amides is 1. The van der Waals surface area contributed by atoms with Crippen LogP contribution in [-0.2, 0) is 10.0 Å². The molecular weight excluding hydrogens is 276 g/mol. The summed E-state index contributed by atoms with van der Waals surface area (Å²) in [6.07, 6.45) is 2.36. The van der Waals surface area contributed by atoms with Crippen LogP contribution in [0, 0.1) is 5.92 Å². The van der Waals surface area contributed by atoms with Gasteiger partial charge in [-0.1, -0.05) is 0 Å². The third-order valence-electron chi connectivity index (χ3n) is 3.47. The topological polar surface area (TPSA) is 80.5 Å². The van der Waals surface area contributed by atoms with Gasteiger partial charge >= 0.3 is 0 Å². The van der Waals surface area contributed by atoms with Crippen LogP contribution in [0.3, 0.4) is 0 Å². The summed E-state index contributed by atoms with van der Waals surface area (Å²) < 4.78 is 22.4. The zero-order valence-corrected chi connectivity index (χ0v) is 12.6. The van der Waals surface area contributed by atoms with Gasteiger partial charge in [0.2, 0.25) is 10.0 Å². The number of carbonyl (C=O) groups is 1. The largest absolute Gasteiger partial charge is 0.336 e. The summed E-state index contributed by atoms with van der Waals surface area (Å²) in [5, 5.41) is 5.04. The first-order chi connectivity index (χ1) is 9.29. The smallest absolute Gasteiger partial charge is 0.254 e. The van der Waals surface area contributed by atoms with E-state index in [1.807, 2.05) is 18.7 Å². The third kappa shape index (κ3) is 3.58. The van der Waals surface area contributed by atoms with Gasteiger partial charge in [-0.25, -0.2) is 13.6 Å².